The summed E-state index contributed by atoms with van der Waals surface area (Å²) in [7, 11) is 1.89. The number of likely N-dealkylation sites (tertiary alicyclic amines) is 1. The molecule has 1 saturated heterocycles. The van der Waals surface area contributed by atoms with Crippen molar-refractivity contribution in [1.82, 2.24) is 24.4 Å². The van der Waals surface area contributed by atoms with Gasteiger partial charge in [-0.3, -0.25) is 4.79 Å². The molecular formula is C26H26N6O3. The molecule has 0 bridgehead atoms. The maximum atomic E-state index is 12.2. The van der Waals surface area contributed by atoms with Crippen LogP contribution < -0.4 is 10.5 Å². The summed E-state index contributed by atoms with van der Waals surface area (Å²) in [6.45, 7) is 6.07. The second kappa shape index (κ2) is 8.84. The van der Waals surface area contributed by atoms with Gasteiger partial charge in [0.1, 0.15) is 23.5 Å². The third kappa shape index (κ3) is 4.00. The van der Waals surface area contributed by atoms with Crippen LogP contribution in [0.1, 0.15) is 17.3 Å². The fourth-order valence-corrected chi connectivity index (χ4v) is 4.77. The van der Waals surface area contributed by atoms with E-state index in [0.29, 0.717) is 35.0 Å². The Balaban J connectivity index is 1.59. The normalized spacial score (nSPS) is 17.6. The number of carbonyl (C=O) groups excluding carboxylic acids is 1. The SMILES string of the molecule is C=CC(=O)N1C[C@H](c2c(-c3ccc(Oc4cccc(C)n4)cc3)c3c(N)ncnc3n2C)[C@@H](O)C1. The van der Waals surface area contributed by atoms with Gasteiger partial charge >= 0.3 is 0 Å². The minimum atomic E-state index is -0.746. The Kier molecular flexibility index (Phi) is 5.70. The summed E-state index contributed by atoms with van der Waals surface area (Å²) in [5.41, 5.74) is 10.4. The molecule has 0 radical (unpaired) electrons. The highest BCUT2D eigenvalue weighted by molar-refractivity contribution is 6.02. The number of pyridine rings is 1. The molecule has 178 valence electrons. The van der Waals surface area contributed by atoms with Crippen molar-refractivity contribution in [3.8, 4) is 22.8 Å². The van der Waals surface area contributed by atoms with E-state index in [1.165, 1.54) is 12.4 Å². The highest BCUT2D eigenvalue weighted by atomic mass is 16.5. The molecule has 9 nitrogen and oxygen atoms in total. The van der Waals surface area contributed by atoms with E-state index < -0.39 is 6.10 Å². The number of anilines is 1. The zero-order valence-corrected chi connectivity index (χ0v) is 19.5. The molecule has 4 heterocycles. The van der Waals surface area contributed by atoms with Crippen molar-refractivity contribution in [2.75, 3.05) is 18.8 Å². The zero-order chi connectivity index (χ0) is 24.7. The van der Waals surface area contributed by atoms with Crippen molar-refractivity contribution in [2.24, 2.45) is 7.05 Å². The number of β-amino-alcohol motifs (C(OH)–C–C–N with tert-alkyl or cyclic N) is 1. The van der Waals surface area contributed by atoms with Gasteiger partial charge in [-0.05, 0) is 36.8 Å². The van der Waals surface area contributed by atoms with Gasteiger partial charge in [-0.15, -0.1) is 0 Å². The molecule has 1 aromatic carbocycles. The van der Waals surface area contributed by atoms with Crippen LogP contribution in [-0.2, 0) is 11.8 Å². The number of hydrogen-bond acceptors (Lipinski definition) is 7. The van der Waals surface area contributed by atoms with E-state index in [4.69, 9.17) is 10.5 Å². The first-order chi connectivity index (χ1) is 16.9. The van der Waals surface area contributed by atoms with E-state index in [1.807, 2.05) is 54.9 Å². The first kappa shape index (κ1) is 22.5. The van der Waals surface area contributed by atoms with Crippen molar-refractivity contribution in [3.05, 3.63) is 72.8 Å². The Hall–Kier alpha value is -4.24. The maximum Gasteiger partial charge on any atom is 0.246 e. The van der Waals surface area contributed by atoms with Gasteiger partial charge in [-0.1, -0.05) is 24.8 Å². The lowest BCUT2D eigenvalue weighted by atomic mass is 9.93. The summed E-state index contributed by atoms with van der Waals surface area (Å²) < 4.78 is 7.84. The Morgan fingerprint density at radius 1 is 1.20 bits per heavy atom. The van der Waals surface area contributed by atoms with Crippen LogP contribution in [0.4, 0.5) is 5.82 Å². The van der Waals surface area contributed by atoms with Gasteiger partial charge in [0.25, 0.3) is 0 Å². The van der Waals surface area contributed by atoms with Gasteiger partial charge < -0.3 is 25.0 Å². The average Bonchev–Trinajstić information content (AvgIpc) is 3.37. The van der Waals surface area contributed by atoms with Crippen molar-refractivity contribution in [1.29, 1.82) is 0 Å². The number of aliphatic hydroxyl groups is 1. The second-order valence-corrected chi connectivity index (χ2v) is 8.64. The smallest absolute Gasteiger partial charge is 0.246 e. The molecule has 0 saturated carbocycles. The Morgan fingerprint density at radius 2 is 1.97 bits per heavy atom. The van der Waals surface area contributed by atoms with Crippen LogP contribution in [0.25, 0.3) is 22.2 Å². The quantitative estimate of drug-likeness (QED) is 0.430. The Morgan fingerprint density at radius 3 is 2.69 bits per heavy atom. The van der Waals surface area contributed by atoms with Crippen LogP contribution in [0.15, 0.2) is 61.4 Å². The van der Waals surface area contributed by atoms with E-state index in [-0.39, 0.29) is 18.4 Å². The molecular weight excluding hydrogens is 444 g/mol. The van der Waals surface area contributed by atoms with Crippen LogP contribution in [-0.4, -0.2) is 54.6 Å². The number of aromatic nitrogens is 4. The van der Waals surface area contributed by atoms with E-state index in [2.05, 4.69) is 21.5 Å². The minimum absolute atomic E-state index is 0.211. The number of carbonyl (C=O) groups is 1. The molecule has 1 aliphatic heterocycles. The molecule has 9 heteroatoms. The largest absolute Gasteiger partial charge is 0.439 e. The highest BCUT2D eigenvalue weighted by Crippen LogP contribution is 2.42. The summed E-state index contributed by atoms with van der Waals surface area (Å²) in [5.74, 6) is 0.962. The van der Waals surface area contributed by atoms with E-state index in [9.17, 15) is 9.90 Å². The van der Waals surface area contributed by atoms with E-state index >= 15 is 0 Å². The minimum Gasteiger partial charge on any atom is -0.439 e. The average molecular weight is 471 g/mol. The van der Waals surface area contributed by atoms with Gasteiger partial charge in [-0.25, -0.2) is 15.0 Å². The molecule has 1 fully saturated rings. The predicted molar refractivity (Wildman–Crippen MR) is 133 cm³/mol. The third-order valence-corrected chi connectivity index (χ3v) is 6.40. The summed E-state index contributed by atoms with van der Waals surface area (Å²) in [6, 6.07) is 13.2. The maximum absolute atomic E-state index is 12.2. The van der Waals surface area contributed by atoms with Crippen molar-refractivity contribution in [2.45, 2.75) is 18.9 Å². The van der Waals surface area contributed by atoms with Crippen LogP contribution >= 0.6 is 0 Å². The van der Waals surface area contributed by atoms with Gasteiger partial charge in [0.15, 0.2) is 0 Å². The van der Waals surface area contributed by atoms with Gasteiger partial charge in [0, 0.05) is 49.1 Å². The summed E-state index contributed by atoms with van der Waals surface area (Å²) in [4.78, 5) is 26.9. The molecule has 1 amide bonds. The fourth-order valence-electron chi connectivity index (χ4n) is 4.77. The highest BCUT2D eigenvalue weighted by Gasteiger charge is 2.38. The molecule has 5 rings (SSSR count). The van der Waals surface area contributed by atoms with Crippen LogP contribution in [0, 0.1) is 6.92 Å². The fraction of sp³-hybridized carbons (Fsp3) is 0.231. The molecule has 35 heavy (non-hydrogen) atoms. The molecule has 4 aromatic rings. The molecule has 2 atom stereocenters. The number of aliphatic hydroxyl groups excluding tert-OH is 1. The van der Waals surface area contributed by atoms with Crippen LogP contribution in [0.3, 0.4) is 0 Å². The summed E-state index contributed by atoms with van der Waals surface area (Å²) in [6.07, 6.45) is 1.95. The number of hydrogen-bond donors (Lipinski definition) is 2. The number of ether oxygens (including phenoxy) is 1. The summed E-state index contributed by atoms with van der Waals surface area (Å²) >= 11 is 0. The number of amides is 1. The van der Waals surface area contributed by atoms with Crippen LogP contribution in [0.5, 0.6) is 11.6 Å². The van der Waals surface area contributed by atoms with Gasteiger partial charge in [0.2, 0.25) is 11.8 Å². The number of benzene rings is 1. The van der Waals surface area contributed by atoms with Crippen LogP contribution in [0.2, 0.25) is 0 Å². The molecule has 0 spiro atoms. The van der Waals surface area contributed by atoms with Gasteiger partial charge in [0.05, 0.1) is 11.5 Å². The van der Waals surface area contributed by atoms with Gasteiger partial charge in [-0.2, -0.15) is 0 Å². The Bertz CT molecular complexity index is 1430. The second-order valence-electron chi connectivity index (χ2n) is 8.64. The van der Waals surface area contributed by atoms with E-state index in [1.54, 1.807) is 11.0 Å². The molecule has 0 aliphatic carbocycles. The van der Waals surface area contributed by atoms with E-state index in [0.717, 1.165) is 22.5 Å². The predicted octanol–water partition coefficient (Wildman–Crippen LogP) is 3.19. The zero-order valence-electron chi connectivity index (χ0n) is 19.5. The lowest BCUT2D eigenvalue weighted by Crippen LogP contribution is -2.27. The number of nitrogens with two attached hydrogens (primary N) is 1. The standard InChI is InChI=1S/C26H26N6O3/c1-4-21(34)32-12-18(19(33)13-32)24-22(23-25(27)28-14-29-26(23)31(24)3)16-8-10-17(11-9-16)35-20-7-5-6-15(2)30-20/h4-11,14,18-19,33H,1,12-13H2,2-3H3,(H2,27,28,29)/t18-,19-/m0/s1. The topological polar surface area (TPSA) is 119 Å². The monoisotopic (exact) mass is 470 g/mol. The number of aryl methyl sites for hydroxylation is 2. The van der Waals surface area contributed by atoms with Crippen molar-refractivity contribution < 1.29 is 14.6 Å². The molecule has 1 aliphatic rings. The summed E-state index contributed by atoms with van der Waals surface area (Å²) in [5, 5.41) is 11.7. The molecule has 3 N–H and O–H groups in total. The lowest BCUT2D eigenvalue weighted by molar-refractivity contribution is -0.125. The Labute approximate surface area is 202 Å². The van der Waals surface area contributed by atoms with Crippen molar-refractivity contribution >= 4 is 22.8 Å². The first-order valence-corrected chi connectivity index (χ1v) is 11.3. The first-order valence-electron chi connectivity index (χ1n) is 11.3. The lowest BCUT2D eigenvalue weighted by Gasteiger charge is -2.18. The molecule has 3 aromatic heterocycles. The number of fused-ring (bicyclic) bond motifs is 1. The molecule has 0 unspecified atom stereocenters. The third-order valence-electron chi connectivity index (χ3n) is 6.40. The number of nitrogens with zero attached hydrogens (tertiary/aromatic N) is 5. The number of rotatable bonds is 5. The van der Waals surface area contributed by atoms with Crippen molar-refractivity contribution in [3.63, 3.8) is 0 Å². The number of nitrogen functional groups attached to an aromatic ring is 1.